The van der Waals surface area contributed by atoms with Gasteiger partial charge in [-0.1, -0.05) is 48.5 Å². The van der Waals surface area contributed by atoms with Crippen molar-refractivity contribution in [2.75, 3.05) is 12.3 Å². The summed E-state index contributed by atoms with van der Waals surface area (Å²) >= 11 is 1.75. The van der Waals surface area contributed by atoms with Gasteiger partial charge in [-0.15, -0.1) is 11.8 Å². The van der Waals surface area contributed by atoms with E-state index in [0.717, 1.165) is 28.3 Å². The second kappa shape index (κ2) is 9.43. The van der Waals surface area contributed by atoms with Gasteiger partial charge in [-0.3, -0.25) is 9.36 Å². The number of benzene rings is 3. The average Bonchev–Trinajstić information content (AvgIpc) is 3.15. The van der Waals surface area contributed by atoms with Crippen LogP contribution in [-0.2, 0) is 11.2 Å². The normalized spacial score (nSPS) is 10.9. The van der Waals surface area contributed by atoms with E-state index in [-0.39, 0.29) is 5.91 Å². The maximum atomic E-state index is 12.3. The fourth-order valence-electron chi connectivity index (χ4n) is 3.30. The number of carbonyl (C=O) groups excluding carboxylic acids is 1. The lowest BCUT2D eigenvalue weighted by atomic mass is 10.2. The van der Waals surface area contributed by atoms with Crippen molar-refractivity contribution in [1.82, 2.24) is 14.9 Å². The van der Waals surface area contributed by atoms with Crippen LogP contribution in [0.25, 0.3) is 16.7 Å². The first-order chi connectivity index (χ1) is 14.3. The third-order valence-corrected chi connectivity index (χ3v) is 5.67. The van der Waals surface area contributed by atoms with E-state index < -0.39 is 0 Å². The molecule has 3 aromatic carbocycles. The molecule has 0 saturated carbocycles. The average molecular weight is 402 g/mol. The van der Waals surface area contributed by atoms with Crippen LogP contribution in [0.4, 0.5) is 0 Å². The van der Waals surface area contributed by atoms with Gasteiger partial charge in [-0.2, -0.15) is 0 Å². The summed E-state index contributed by atoms with van der Waals surface area (Å²) in [6.45, 7) is 0.660. The highest BCUT2D eigenvalue weighted by atomic mass is 32.2. The Hall–Kier alpha value is -3.05. The van der Waals surface area contributed by atoms with Crippen LogP contribution >= 0.6 is 11.8 Å². The van der Waals surface area contributed by atoms with Gasteiger partial charge in [0.2, 0.25) is 5.91 Å². The van der Waals surface area contributed by atoms with E-state index in [1.54, 1.807) is 11.8 Å². The monoisotopic (exact) mass is 401 g/mol. The predicted molar refractivity (Wildman–Crippen MR) is 120 cm³/mol. The third kappa shape index (κ3) is 4.87. The molecule has 1 aromatic heterocycles. The smallest absolute Gasteiger partial charge is 0.220 e. The van der Waals surface area contributed by atoms with Crippen LogP contribution in [0.3, 0.4) is 0 Å². The fraction of sp³-hybridized carbons (Fsp3) is 0.167. The van der Waals surface area contributed by atoms with Crippen molar-refractivity contribution >= 4 is 28.7 Å². The Morgan fingerprint density at radius 1 is 0.897 bits per heavy atom. The van der Waals surface area contributed by atoms with E-state index in [1.165, 1.54) is 4.90 Å². The van der Waals surface area contributed by atoms with Gasteiger partial charge in [0.15, 0.2) is 0 Å². The molecule has 0 bridgehead atoms. The van der Waals surface area contributed by atoms with Crippen LogP contribution in [-0.4, -0.2) is 27.8 Å². The first-order valence-corrected chi connectivity index (χ1v) is 10.8. The van der Waals surface area contributed by atoms with Gasteiger partial charge in [0.1, 0.15) is 5.82 Å². The predicted octanol–water partition coefficient (Wildman–Crippen LogP) is 4.87. The molecule has 5 heteroatoms. The topological polar surface area (TPSA) is 46.9 Å². The standard InChI is InChI=1S/C24H23N3OS/c28-24(25-17-18-29-20-11-5-2-6-12-20)16-15-23-26-21-13-7-8-14-22(21)27(23)19-9-3-1-4-10-19/h1-14H,15-18H2,(H,25,28). The lowest BCUT2D eigenvalue weighted by Crippen LogP contribution is -2.26. The molecule has 0 aliphatic heterocycles. The molecular formula is C24H23N3OS. The summed E-state index contributed by atoms with van der Waals surface area (Å²) in [5.74, 6) is 1.83. The van der Waals surface area contributed by atoms with Crippen molar-refractivity contribution < 1.29 is 4.79 Å². The summed E-state index contributed by atoms with van der Waals surface area (Å²) in [7, 11) is 0. The lowest BCUT2D eigenvalue weighted by molar-refractivity contribution is -0.120. The van der Waals surface area contributed by atoms with Crippen LogP contribution in [0.2, 0.25) is 0 Å². The van der Waals surface area contributed by atoms with E-state index in [9.17, 15) is 4.79 Å². The highest BCUT2D eigenvalue weighted by Gasteiger charge is 2.13. The van der Waals surface area contributed by atoms with Crippen molar-refractivity contribution in [1.29, 1.82) is 0 Å². The maximum Gasteiger partial charge on any atom is 0.220 e. The molecule has 29 heavy (non-hydrogen) atoms. The van der Waals surface area contributed by atoms with Crippen molar-refractivity contribution in [3.8, 4) is 5.69 Å². The minimum Gasteiger partial charge on any atom is -0.355 e. The zero-order valence-corrected chi connectivity index (χ0v) is 16.9. The number of rotatable bonds is 8. The number of imidazole rings is 1. The first-order valence-electron chi connectivity index (χ1n) is 9.77. The minimum atomic E-state index is 0.0605. The molecule has 146 valence electrons. The molecule has 0 atom stereocenters. The number of hydrogen-bond acceptors (Lipinski definition) is 3. The van der Waals surface area contributed by atoms with Crippen LogP contribution in [0, 0.1) is 0 Å². The molecule has 0 radical (unpaired) electrons. The van der Waals surface area contributed by atoms with E-state index in [0.29, 0.717) is 19.4 Å². The molecule has 0 unspecified atom stereocenters. The van der Waals surface area contributed by atoms with Gasteiger partial charge >= 0.3 is 0 Å². The largest absolute Gasteiger partial charge is 0.355 e. The summed E-state index contributed by atoms with van der Waals surface area (Å²) in [5.41, 5.74) is 3.08. The van der Waals surface area contributed by atoms with Gasteiger partial charge < -0.3 is 5.32 Å². The molecular weight excluding hydrogens is 378 g/mol. The molecule has 4 rings (SSSR count). The quantitative estimate of drug-likeness (QED) is 0.339. The van der Waals surface area contributed by atoms with Gasteiger partial charge in [-0.05, 0) is 36.4 Å². The SMILES string of the molecule is O=C(CCc1nc2ccccc2n1-c1ccccc1)NCCSc1ccccc1. The molecule has 1 N–H and O–H groups in total. The molecule has 4 nitrogen and oxygen atoms in total. The van der Waals surface area contributed by atoms with Crippen molar-refractivity contribution in [3.05, 3.63) is 90.8 Å². The zero-order valence-electron chi connectivity index (χ0n) is 16.1. The fourth-order valence-corrected chi connectivity index (χ4v) is 4.09. The van der Waals surface area contributed by atoms with Gasteiger partial charge in [0, 0.05) is 35.7 Å². The first kappa shape index (κ1) is 19.3. The van der Waals surface area contributed by atoms with Crippen LogP contribution in [0.5, 0.6) is 0 Å². The Morgan fingerprint density at radius 3 is 2.38 bits per heavy atom. The number of aryl methyl sites for hydroxylation is 1. The second-order valence-electron chi connectivity index (χ2n) is 6.70. The summed E-state index contributed by atoms with van der Waals surface area (Å²) in [4.78, 5) is 18.3. The summed E-state index contributed by atoms with van der Waals surface area (Å²) in [6.07, 6.45) is 1.02. The Balaban J connectivity index is 1.37. The zero-order chi connectivity index (χ0) is 19.9. The van der Waals surface area contributed by atoms with Crippen LogP contribution in [0.1, 0.15) is 12.2 Å². The molecule has 0 saturated heterocycles. The number of amides is 1. The Bertz CT molecular complexity index is 1080. The highest BCUT2D eigenvalue weighted by Crippen LogP contribution is 2.22. The number of aromatic nitrogens is 2. The number of fused-ring (bicyclic) bond motifs is 1. The maximum absolute atomic E-state index is 12.3. The molecule has 0 aliphatic rings. The van der Waals surface area contributed by atoms with Gasteiger partial charge in [0.25, 0.3) is 0 Å². The minimum absolute atomic E-state index is 0.0605. The molecule has 0 fully saturated rings. The number of para-hydroxylation sites is 3. The Morgan fingerprint density at radius 2 is 1.59 bits per heavy atom. The van der Waals surface area contributed by atoms with Crippen molar-refractivity contribution in [2.24, 2.45) is 0 Å². The molecule has 0 aliphatic carbocycles. The number of carbonyl (C=O) groups is 1. The van der Waals surface area contributed by atoms with Gasteiger partial charge in [-0.25, -0.2) is 4.98 Å². The second-order valence-corrected chi connectivity index (χ2v) is 7.87. The molecule has 1 amide bonds. The number of hydrogen-bond donors (Lipinski definition) is 1. The van der Waals surface area contributed by atoms with Gasteiger partial charge in [0.05, 0.1) is 11.0 Å². The van der Waals surface area contributed by atoms with Crippen molar-refractivity contribution in [2.45, 2.75) is 17.7 Å². The van der Waals surface area contributed by atoms with Crippen LogP contribution in [0.15, 0.2) is 89.8 Å². The summed E-state index contributed by atoms with van der Waals surface area (Å²) in [6, 6.07) is 28.5. The van der Waals surface area contributed by atoms with E-state index >= 15 is 0 Å². The summed E-state index contributed by atoms with van der Waals surface area (Å²) in [5, 5.41) is 3.02. The lowest BCUT2D eigenvalue weighted by Gasteiger charge is -2.09. The highest BCUT2D eigenvalue weighted by molar-refractivity contribution is 7.99. The van der Waals surface area contributed by atoms with Crippen LogP contribution < -0.4 is 5.32 Å². The third-order valence-electron chi connectivity index (χ3n) is 4.66. The van der Waals surface area contributed by atoms with Crippen molar-refractivity contribution in [3.63, 3.8) is 0 Å². The van der Waals surface area contributed by atoms with E-state index in [1.807, 2.05) is 54.6 Å². The van der Waals surface area contributed by atoms with E-state index in [4.69, 9.17) is 4.98 Å². The number of nitrogens with zero attached hydrogens (tertiary/aromatic N) is 2. The molecule has 1 heterocycles. The Labute approximate surface area is 175 Å². The summed E-state index contributed by atoms with van der Waals surface area (Å²) < 4.78 is 2.15. The molecule has 0 spiro atoms. The molecule has 4 aromatic rings. The number of thioether (sulfide) groups is 1. The number of nitrogens with one attached hydrogen (secondary N) is 1. The Kier molecular flexibility index (Phi) is 6.27. The van der Waals surface area contributed by atoms with E-state index in [2.05, 4.69) is 40.2 Å².